The quantitative estimate of drug-likeness (QED) is 0.617. The van der Waals surface area contributed by atoms with Gasteiger partial charge in [0.25, 0.3) is 0 Å². The van der Waals surface area contributed by atoms with Gasteiger partial charge in [0, 0.05) is 6.42 Å². The predicted molar refractivity (Wildman–Crippen MR) is 51.9 cm³/mol. The number of Topliss-reactive ketones (excluding diaryl/α,β-unsaturated/α-hetero) is 1. The first-order chi connectivity index (χ1) is 5.61. The van der Waals surface area contributed by atoms with Gasteiger partial charge in [-0.2, -0.15) is 0 Å². The van der Waals surface area contributed by atoms with Crippen LogP contribution in [0, 0.1) is 5.92 Å². The van der Waals surface area contributed by atoms with Gasteiger partial charge in [0.05, 0.1) is 6.04 Å². The normalized spacial score (nSPS) is 15.2. The van der Waals surface area contributed by atoms with E-state index in [1.807, 2.05) is 0 Å². The minimum Gasteiger partial charge on any atom is -0.321 e. The zero-order chi connectivity index (χ0) is 9.56. The van der Waals surface area contributed by atoms with Gasteiger partial charge in [0.2, 0.25) is 0 Å². The van der Waals surface area contributed by atoms with Crippen LogP contribution in [-0.2, 0) is 4.79 Å². The molecule has 2 unspecified atom stereocenters. The fourth-order valence-electron chi connectivity index (χ4n) is 0.950. The molecule has 0 bridgehead atoms. The van der Waals surface area contributed by atoms with Gasteiger partial charge in [0.1, 0.15) is 5.78 Å². The van der Waals surface area contributed by atoms with Crippen LogP contribution in [0.15, 0.2) is 12.7 Å². The molecule has 0 aromatic heterocycles. The molecular formula is C10H19NO. The molecule has 70 valence electrons. The van der Waals surface area contributed by atoms with Gasteiger partial charge in [-0.25, -0.2) is 0 Å². The third-order valence-corrected chi connectivity index (χ3v) is 2.08. The Labute approximate surface area is 74.8 Å². The molecule has 0 aliphatic rings. The fourth-order valence-corrected chi connectivity index (χ4v) is 0.950. The number of carbonyl (C=O) groups excluding carboxylic acids is 1. The lowest BCUT2D eigenvalue weighted by Crippen LogP contribution is -2.30. The van der Waals surface area contributed by atoms with Crippen molar-refractivity contribution in [3.63, 3.8) is 0 Å². The first-order valence-electron chi connectivity index (χ1n) is 4.51. The van der Waals surface area contributed by atoms with E-state index in [4.69, 9.17) is 5.73 Å². The van der Waals surface area contributed by atoms with E-state index in [0.717, 1.165) is 6.42 Å². The molecule has 0 aliphatic heterocycles. The van der Waals surface area contributed by atoms with E-state index in [-0.39, 0.29) is 11.8 Å². The number of carbonyl (C=O) groups is 1. The fraction of sp³-hybridized carbons (Fsp3) is 0.700. The van der Waals surface area contributed by atoms with Gasteiger partial charge in [-0.3, -0.25) is 4.79 Å². The van der Waals surface area contributed by atoms with Crippen molar-refractivity contribution in [3.05, 3.63) is 12.7 Å². The molecule has 0 aromatic carbocycles. The predicted octanol–water partition coefficient (Wildman–Crippen LogP) is 1.90. The maximum atomic E-state index is 11.3. The van der Waals surface area contributed by atoms with Gasteiger partial charge in [-0.1, -0.05) is 26.3 Å². The van der Waals surface area contributed by atoms with Crippen molar-refractivity contribution in [2.45, 2.75) is 39.2 Å². The second-order valence-electron chi connectivity index (χ2n) is 3.31. The average Bonchev–Trinajstić information content (AvgIpc) is 2.04. The zero-order valence-corrected chi connectivity index (χ0v) is 8.05. The number of rotatable bonds is 6. The van der Waals surface area contributed by atoms with Gasteiger partial charge in [-0.05, 0) is 12.3 Å². The van der Waals surface area contributed by atoms with Crippen LogP contribution in [0.3, 0.4) is 0 Å². The second-order valence-corrected chi connectivity index (χ2v) is 3.31. The van der Waals surface area contributed by atoms with Crippen molar-refractivity contribution in [1.29, 1.82) is 0 Å². The Morgan fingerprint density at radius 2 is 2.25 bits per heavy atom. The Bertz CT molecular complexity index is 154. The number of hydrogen-bond donors (Lipinski definition) is 1. The molecule has 12 heavy (non-hydrogen) atoms. The van der Waals surface area contributed by atoms with Crippen LogP contribution in [0.5, 0.6) is 0 Å². The molecule has 0 aromatic rings. The average molecular weight is 169 g/mol. The van der Waals surface area contributed by atoms with Crippen LogP contribution >= 0.6 is 0 Å². The first kappa shape index (κ1) is 11.4. The molecule has 0 rings (SSSR count). The molecule has 0 aliphatic carbocycles. The molecule has 2 nitrogen and oxygen atoms in total. The number of hydrogen-bond acceptors (Lipinski definition) is 2. The highest BCUT2D eigenvalue weighted by Gasteiger charge is 2.13. The van der Waals surface area contributed by atoms with Crippen molar-refractivity contribution in [2.24, 2.45) is 11.7 Å². The minimum atomic E-state index is -0.337. The van der Waals surface area contributed by atoms with Crippen LogP contribution < -0.4 is 5.73 Å². The summed E-state index contributed by atoms with van der Waals surface area (Å²) in [6.07, 6.45) is 3.92. The summed E-state index contributed by atoms with van der Waals surface area (Å²) >= 11 is 0. The molecule has 0 radical (unpaired) electrons. The highest BCUT2D eigenvalue weighted by molar-refractivity contribution is 5.84. The van der Waals surface area contributed by atoms with Crippen LogP contribution in [0.1, 0.15) is 33.1 Å². The SMILES string of the molecule is C=CCC(N)C(=O)CC(C)CC. The van der Waals surface area contributed by atoms with E-state index in [0.29, 0.717) is 18.8 Å². The summed E-state index contributed by atoms with van der Waals surface area (Å²) in [6.45, 7) is 7.70. The van der Waals surface area contributed by atoms with E-state index >= 15 is 0 Å². The monoisotopic (exact) mass is 169 g/mol. The van der Waals surface area contributed by atoms with E-state index in [2.05, 4.69) is 20.4 Å². The van der Waals surface area contributed by atoms with Gasteiger partial charge < -0.3 is 5.73 Å². The summed E-state index contributed by atoms with van der Waals surface area (Å²) in [5, 5.41) is 0. The molecular weight excluding hydrogens is 150 g/mol. The third-order valence-electron chi connectivity index (χ3n) is 2.08. The van der Waals surface area contributed by atoms with Gasteiger partial charge in [-0.15, -0.1) is 6.58 Å². The van der Waals surface area contributed by atoms with Crippen molar-refractivity contribution in [3.8, 4) is 0 Å². The number of ketones is 1. The lowest BCUT2D eigenvalue weighted by atomic mass is 9.97. The largest absolute Gasteiger partial charge is 0.321 e. The summed E-state index contributed by atoms with van der Waals surface area (Å²) in [5.74, 6) is 0.609. The lowest BCUT2D eigenvalue weighted by molar-refractivity contribution is -0.121. The molecule has 2 heteroatoms. The summed E-state index contributed by atoms with van der Waals surface area (Å²) in [6, 6.07) is -0.337. The van der Waals surface area contributed by atoms with Crippen LogP contribution in [0.4, 0.5) is 0 Å². The van der Waals surface area contributed by atoms with E-state index < -0.39 is 0 Å². The molecule has 2 atom stereocenters. The lowest BCUT2D eigenvalue weighted by Gasteiger charge is -2.11. The topological polar surface area (TPSA) is 43.1 Å². The molecule has 0 fully saturated rings. The Morgan fingerprint density at radius 1 is 1.67 bits per heavy atom. The number of nitrogens with two attached hydrogens (primary N) is 1. The summed E-state index contributed by atoms with van der Waals surface area (Å²) in [4.78, 5) is 11.3. The van der Waals surface area contributed by atoms with Gasteiger partial charge >= 0.3 is 0 Å². The molecule has 0 heterocycles. The highest BCUT2D eigenvalue weighted by Crippen LogP contribution is 2.08. The van der Waals surface area contributed by atoms with Crippen molar-refractivity contribution in [1.82, 2.24) is 0 Å². The smallest absolute Gasteiger partial charge is 0.150 e. The maximum Gasteiger partial charge on any atom is 0.150 e. The first-order valence-corrected chi connectivity index (χ1v) is 4.51. The summed E-state index contributed by atoms with van der Waals surface area (Å²) in [5.41, 5.74) is 5.61. The highest BCUT2D eigenvalue weighted by atomic mass is 16.1. The van der Waals surface area contributed by atoms with Gasteiger partial charge in [0.15, 0.2) is 0 Å². The Hall–Kier alpha value is -0.630. The molecule has 0 spiro atoms. The van der Waals surface area contributed by atoms with E-state index in [1.54, 1.807) is 6.08 Å². The standard InChI is InChI=1S/C10H19NO/c1-4-6-9(11)10(12)7-8(3)5-2/h4,8-9H,1,5-7,11H2,2-3H3. The summed E-state index contributed by atoms with van der Waals surface area (Å²) < 4.78 is 0. The van der Waals surface area contributed by atoms with Crippen LogP contribution in [0.25, 0.3) is 0 Å². The minimum absolute atomic E-state index is 0.157. The second kappa shape index (κ2) is 5.95. The Kier molecular flexibility index (Phi) is 5.64. The van der Waals surface area contributed by atoms with Crippen LogP contribution in [-0.4, -0.2) is 11.8 Å². The maximum absolute atomic E-state index is 11.3. The molecule has 0 saturated heterocycles. The van der Waals surface area contributed by atoms with Crippen molar-refractivity contribution < 1.29 is 4.79 Å². The van der Waals surface area contributed by atoms with Crippen molar-refractivity contribution in [2.75, 3.05) is 0 Å². The van der Waals surface area contributed by atoms with Crippen molar-refractivity contribution >= 4 is 5.78 Å². The molecule has 0 amide bonds. The molecule has 2 N–H and O–H groups in total. The summed E-state index contributed by atoms with van der Waals surface area (Å²) in [7, 11) is 0. The Morgan fingerprint density at radius 3 is 2.67 bits per heavy atom. The van der Waals surface area contributed by atoms with E-state index in [9.17, 15) is 4.79 Å². The zero-order valence-electron chi connectivity index (χ0n) is 8.05. The van der Waals surface area contributed by atoms with Crippen LogP contribution in [0.2, 0.25) is 0 Å². The Balaban J connectivity index is 3.77. The third kappa shape index (κ3) is 4.29. The molecule has 0 saturated carbocycles. The van der Waals surface area contributed by atoms with E-state index in [1.165, 1.54) is 0 Å².